The van der Waals surface area contributed by atoms with Crippen LogP contribution in [0.5, 0.6) is 0 Å². The van der Waals surface area contributed by atoms with Gasteiger partial charge in [0.15, 0.2) is 13.6 Å². The van der Waals surface area contributed by atoms with Crippen molar-refractivity contribution in [2.45, 2.75) is 0 Å². The summed E-state index contributed by atoms with van der Waals surface area (Å²) < 4.78 is 4.13. The van der Waals surface area contributed by atoms with Gasteiger partial charge in [-0.1, -0.05) is 6.07 Å². The molecule has 1 heterocycles. The fraction of sp³-hybridized carbons (Fsp3) is 0.286. The lowest BCUT2D eigenvalue weighted by Crippen LogP contribution is -2.10. The molecule has 0 unspecified atom stereocenters. The lowest BCUT2D eigenvalue weighted by Gasteiger charge is -1.98. The van der Waals surface area contributed by atoms with Crippen molar-refractivity contribution < 1.29 is 24.6 Å². The average molecular weight is 247 g/mol. The van der Waals surface area contributed by atoms with E-state index in [0.717, 1.165) is 0 Å². The summed E-state index contributed by atoms with van der Waals surface area (Å²) in [5.74, 6) is 0. The number of nitrogens with zero attached hydrogens (tertiary/aromatic N) is 3. The molecule has 0 fully saturated rings. The van der Waals surface area contributed by atoms with E-state index in [1.807, 2.05) is 18.2 Å². The van der Waals surface area contributed by atoms with Crippen LogP contribution in [0.2, 0.25) is 0 Å². The van der Waals surface area contributed by atoms with Gasteiger partial charge in [-0.3, -0.25) is 14.7 Å². The number of pyridine rings is 1. The van der Waals surface area contributed by atoms with Gasteiger partial charge in [-0.2, -0.15) is 0 Å². The molecule has 94 valence electrons. The molecule has 0 atom stereocenters. The minimum absolute atomic E-state index is 0.694. The van der Waals surface area contributed by atoms with Crippen molar-refractivity contribution in [3.05, 3.63) is 50.8 Å². The molecule has 10 nitrogen and oxygen atoms in total. The molecule has 0 spiro atoms. The molecule has 0 amide bonds. The van der Waals surface area contributed by atoms with Gasteiger partial charge in [-0.05, 0) is 12.1 Å². The second-order valence-electron chi connectivity index (χ2n) is 2.17. The van der Waals surface area contributed by atoms with Crippen LogP contribution in [0, 0.1) is 20.2 Å². The number of ether oxygens (including phenoxy) is 1. The zero-order valence-electron chi connectivity index (χ0n) is 8.50. The Kier molecular flexibility index (Phi) is 8.57. The highest BCUT2D eigenvalue weighted by Gasteiger charge is 1.95. The smallest absolute Gasteiger partial charge is 0.296 e. The lowest BCUT2D eigenvalue weighted by molar-refractivity contribution is -0.783. The summed E-state index contributed by atoms with van der Waals surface area (Å²) in [5, 5.41) is 16.7. The fourth-order valence-corrected chi connectivity index (χ4v) is 0.507. The second-order valence-corrected chi connectivity index (χ2v) is 2.17. The molecule has 0 N–H and O–H groups in total. The van der Waals surface area contributed by atoms with Crippen LogP contribution in [0.4, 0.5) is 0 Å². The van der Waals surface area contributed by atoms with Crippen LogP contribution >= 0.6 is 0 Å². The van der Waals surface area contributed by atoms with Crippen molar-refractivity contribution in [2.24, 2.45) is 0 Å². The fourth-order valence-electron chi connectivity index (χ4n) is 0.507. The molecule has 0 aliphatic rings. The average Bonchev–Trinajstić information content (AvgIpc) is 2.31. The lowest BCUT2D eigenvalue weighted by atomic mass is 10.5. The van der Waals surface area contributed by atoms with Crippen molar-refractivity contribution in [2.75, 3.05) is 13.6 Å². The third-order valence-corrected chi connectivity index (χ3v) is 1.05. The molecule has 1 aromatic heterocycles. The van der Waals surface area contributed by atoms with Crippen molar-refractivity contribution in [3.63, 3.8) is 0 Å². The van der Waals surface area contributed by atoms with Crippen LogP contribution in [-0.4, -0.2) is 28.7 Å². The standard InChI is InChI=1S/C5H5N.C2H4N2O7/c1-2-4-6-5-3-1;5-3(6)10-1-9-2-11-4(7)8/h1-5H;1-2H2. The van der Waals surface area contributed by atoms with Gasteiger partial charge in [0.2, 0.25) is 0 Å². The van der Waals surface area contributed by atoms with Crippen molar-refractivity contribution >= 4 is 0 Å². The highest BCUT2D eigenvalue weighted by molar-refractivity contribution is 4.88. The molecule has 0 aliphatic heterocycles. The summed E-state index contributed by atoms with van der Waals surface area (Å²) in [5.41, 5.74) is 0. The van der Waals surface area contributed by atoms with E-state index >= 15 is 0 Å². The SMILES string of the molecule is O=[N+]([O-])OCOCO[N+](=O)[O-].c1ccncc1. The number of hydrogen-bond donors (Lipinski definition) is 0. The highest BCUT2D eigenvalue weighted by atomic mass is 17.0. The van der Waals surface area contributed by atoms with Gasteiger partial charge in [0, 0.05) is 12.4 Å². The maximum atomic E-state index is 9.42. The molecule has 0 radical (unpaired) electrons. The van der Waals surface area contributed by atoms with Gasteiger partial charge in [0.1, 0.15) is 0 Å². The molecule has 1 rings (SSSR count). The van der Waals surface area contributed by atoms with Gasteiger partial charge in [-0.15, -0.1) is 20.2 Å². The first kappa shape index (κ1) is 14.5. The van der Waals surface area contributed by atoms with E-state index < -0.39 is 23.8 Å². The summed E-state index contributed by atoms with van der Waals surface area (Å²) in [7, 11) is 0. The third-order valence-electron chi connectivity index (χ3n) is 1.05. The zero-order chi connectivity index (χ0) is 12.9. The van der Waals surface area contributed by atoms with Gasteiger partial charge in [-0.25, -0.2) is 0 Å². The molecule has 0 saturated heterocycles. The Labute approximate surface area is 94.9 Å². The van der Waals surface area contributed by atoms with Gasteiger partial charge in [0.05, 0.1) is 0 Å². The first-order chi connectivity index (χ1) is 8.13. The summed E-state index contributed by atoms with van der Waals surface area (Å²) >= 11 is 0. The third kappa shape index (κ3) is 13.5. The Balaban J connectivity index is 0.000000354. The molecule has 10 heteroatoms. The van der Waals surface area contributed by atoms with E-state index in [9.17, 15) is 20.2 Å². The molecule has 0 saturated carbocycles. The number of hydrogen-bond acceptors (Lipinski definition) is 8. The van der Waals surface area contributed by atoms with Crippen LogP contribution in [-0.2, 0) is 14.4 Å². The largest absolute Gasteiger partial charge is 0.328 e. The monoisotopic (exact) mass is 247 g/mol. The van der Waals surface area contributed by atoms with E-state index in [1.54, 1.807) is 12.4 Å². The maximum absolute atomic E-state index is 9.42. The Bertz CT molecular complexity index is 278. The molecule has 0 aromatic carbocycles. The topological polar surface area (TPSA) is 127 Å². The van der Waals surface area contributed by atoms with Crippen LogP contribution in [0.3, 0.4) is 0 Å². The Morgan fingerprint density at radius 2 is 1.41 bits per heavy atom. The first-order valence-corrected chi connectivity index (χ1v) is 4.10. The summed E-state index contributed by atoms with van der Waals surface area (Å²) in [6, 6.07) is 5.72. The first-order valence-electron chi connectivity index (χ1n) is 4.10. The maximum Gasteiger partial charge on any atom is 0.296 e. The van der Waals surface area contributed by atoms with E-state index in [-0.39, 0.29) is 0 Å². The molecule has 17 heavy (non-hydrogen) atoms. The van der Waals surface area contributed by atoms with Crippen LogP contribution < -0.4 is 0 Å². The quantitative estimate of drug-likeness (QED) is 0.306. The van der Waals surface area contributed by atoms with E-state index in [4.69, 9.17) is 0 Å². The van der Waals surface area contributed by atoms with Crippen molar-refractivity contribution in [3.8, 4) is 0 Å². The van der Waals surface area contributed by atoms with Crippen LogP contribution in [0.25, 0.3) is 0 Å². The van der Waals surface area contributed by atoms with Gasteiger partial charge in [0.25, 0.3) is 10.2 Å². The molecule has 1 aromatic rings. The molecule has 0 aliphatic carbocycles. The number of rotatable bonds is 6. The Morgan fingerprint density at radius 3 is 1.65 bits per heavy atom. The highest BCUT2D eigenvalue weighted by Crippen LogP contribution is 1.80. The van der Waals surface area contributed by atoms with E-state index in [0.29, 0.717) is 0 Å². The Hall–Kier alpha value is -2.49. The summed E-state index contributed by atoms with van der Waals surface area (Å²) in [6.45, 7) is -1.39. The van der Waals surface area contributed by atoms with E-state index in [2.05, 4.69) is 19.4 Å². The Morgan fingerprint density at radius 1 is 0.941 bits per heavy atom. The number of aromatic nitrogens is 1. The second kappa shape index (κ2) is 10.0. The molecular weight excluding hydrogens is 238 g/mol. The van der Waals surface area contributed by atoms with Crippen molar-refractivity contribution in [1.29, 1.82) is 0 Å². The molecule has 0 bridgehead atoms. The van der Waals surface area contributed by atoms with Crippen LogP contribution in [0.15, 0.2) is 30.6 Å². The van der Waals surface area contributed by atoms with E-state index in [1.165, 1.54) is 0 Å². The summed E-state index contributed by atoms with van der Waals surface area (Å²) in [6.07, 6.45) is 3.50. The predicted molar refractivity (Wildman–Crippen MR) is 51.2 cm³/mol. The van der Waals surface area contributed by atoms with Gasteiger partial charge < -0.3 is 4.74 Å². The van der Waals surface area contributed by atoms with Crippen LogP contribution in [0.1, 0.15) is 0 Å². The minimum Gasteiger partial charge on any atom is -0.328 e. The summed E-state index contributed by atoms with van der Waals surface area (Å²) in [4.78, 5) is 29.9. The molecular formula is C7H9N3O7. The van der Waals surface area contributed by atoms with Gasteiger partial charge >= 0.3 is 0 Å². The minimum atomic E-state index is -1.09. The normalized spacial score (nSPS) is 8.47. The predicted octanol–water partition coefficient (Wildman–Crippen LogP) is 0.416. The zero-order valence-corrected chi connectivity index (χ0v) is 8.50. The van der Waals surface area contributed by atoms with Crippen molar-refractivity contribution in [1.82, 2.24) is 4.98 Å².